The molecule has 1 aromatic carbocycles. The number of fused-ring (bicyclic) bond motifs is 1. The molecule has 0 radical (unpaired) electrons. The molecule has 0 bridgehead atoms. The van der Waals surface area contributed by atoms with Gasteiger partial charge in [0, 0.05) is 6.54 Å². The highest BCUT2D eigenvalue weighted by Gasteiger charge is 2.52. The Morgan fingerprint density at radius 3 is 2.81 bits per heavy atom. The van der Waals surface area contributed by atoms with Crippen molar-refractivity contribution < 1.29 is 19.1 Å². The van der Waals surface area contributed by atoms with Crippen molar-refractivity contribution >= 4 is 29.3 Å². The number of rotatable bonds is 3. The van der Waals surface area contributed by atoms with Crippen molar-refractivity contribution in [2.45, 2.75) is 44.7 Å². The Labute approximate surface area is 162 Å². The highest BCUT2D eigenvalue weighted by atomic mass is 32.1. The number of amides is 3. The van der Waals surface area contributed by atoms with E-state index < -0.39 is 11.6 Å². The second-order valence-electron chi connectivity index (χ2n) is 7.32. The van der Waals surface area contributed by atoms with Gasteiger partial charge >= 0.3 is 6.03 Å². The average Bonchev–Trinajstić information content (AvgIpc) is 3.21. The van der Waals surface area contributed by atoms with E-state index in [1.807, 2.05) is 18.2 Å². The van der Waals surface area contributed by atoms with E-state index in [2.05, 4.69) is 23.0 Å². The number of hydrazine groups is 1. The smallest absolute Gasteiger partial charge is 0.344 e. The minimum absolute atomic E-state index is 0.206. The molecule has 1 saturated carbocycles. The number of ether oxygens (including phenoxy) is 2. The van der Waals surface area contributed by atoms with Crippen molar-refractivity contribution in [2.24, 2.45) is 5.92 Å². The van der Waals surface area contributed by atoms with Gasteiger partial charge in [-0.05, 0) is 61.5 Å². The number of imide groups is 1. The third kappa shape index (κ3) is 3.39. The fourth-order valence-electron chi connectivity index (χ4n) is 3.69. The number of nitrogens with zero attached hydrogens (tertiary/aromatic N) is 1. The number of carbonyl (C=O) groups excluding carboxylic acids is 2. The first-order chi connectivity index (χ1) is 13.0. The maximum atomic E-state index is 12.8. The first-order valence-corrected chi connectivity index (χ1v) is 9.47. The number of nitrogens with one attached hydrogen (secondary N) is 3. The van der Waals surface area contributed by atoms with Crippen LogP contribution >= 0.6 is 12.2 Å². The largest absolute Gasteiger partial charge is 0.454 e. The SMILES string of the molecule is CC1CCC2(CC1)NC(=O)N(NC(=S)NCc1ccc3c(c1)OCO3)C2=O. The van der Waals surface area contributed by atoms with Crippen LogP contribution < -0.4 is 25.5 Å². The summed E-state index contributed by atoms with van der Waals surface area (Å²) in [6.07, 6.45) is 3.17. The van der Waals surface area contributed by atoms with Crippen LogP contribution in [0.25, 0.3) is 0 Å². The van der Waals surface area contributed by atoms with E-state index in [0.29, 0.717) is 36.8 Å². The molecule has 3 amide bonds. The molecule has 1 aliphatic carbocycles. The summed E-state index contributed by atoms with van der Waals surface area (Å²) in [5.74, 6) is 1.72. The van der Waals surface area contributed by atoms with E-state index in [1.54, 1.807) is 0 Å². The molecule has 2 aliphatic heterocycles. The van der Waals surface area contributed by atoms with Crippen molar-refractivity contribution in [1.82, 2.24) is 21.1 Å². The topological polar surface area (TPSA) is 91.9 Å². The first-order valence-electron chi connectivity index (χ1n) is 9.06. The van der Waals surface area contributed by atoms with Crippen LogP contribution in [0.15, 0.2) is 18.2 Å². The van der Waals surface area contributed by atoms with E-state index in [4.69, 9.17) is 21.7 Å². The van der Waals surface area contributed by atoms with Gasteiger partial charge < -0.3 is 20.1 Å². The summed E-state index contributed by atoms with van der Waals surface area (Å²) < 4.78 is 10.6. The maximum Gasteiger partial charge on any atom is 0.344 e. The third-order valence-corrected chi connectivity index (χ3v) is 5.63. The summed E-state index contributed by atoms with van der Waals surface area (Å²) in [6, 6.07) is 5.14. The number of hydrogen-bond donors (Lipinski definition) is 3. The zero-order valence-corrected chi connectivity index (χ0v) is 15.9. The van der Waals surface area contributed by atoms with Gasteiger partial charge in [0.25, 0.3) is 5.91 Å². The minimum Gasteiger partial charge on any atom is -0.454 e. The molecule has 144 valence electrons. The summed E-state index contributed by atoms with van der Waals surface area (Å²) >= 11 is 5.25. The normalized spacial score (nSPS) is 26.3. The van der Waals surface area contributed by atoms with Crippen LogP contribution in [0.2, 0.25) is 0 Å². The van der Waals surface area contributed by atoms with Gasteiger partial charge in [0.05, 0.1) is 0 Å². The molecule has 4 rings (SSSR count). The Kier molecular flexibility index (Phi) is 4.55. The van der Waals surface area contributed by atoms with Crippen LogP contribution in [-0.2, 0) is 11.3 Å². The second-order valence-corrected chi connectivity index (χ2v) is 7.73. The van der Waals surface area contributed by atoms with E-state index in [1.165, 1.54) is 0 Å². The average molecular weight is 390 g/mol. The van der Waals surface area contributed by atoms with Crippen molar-refractivity contribution in [3.8, 4) is 11.5 Å². The van der Waals surface area contributed by atoms with Crippen LogP contribution in [0.1, 0.15) is 38.2 Å². The Balaban J connectivity index is 1.34. The standard InChI is InChI=1S/C18H22N4O4S/c1-11-4-6-18(7-5-11)15(23)22(17(24)20-18)21-16(27)19-9-12-2-3-13-14(8-12)26-10-25-13/h2-3,8,11H,4-7,9-10H2,1H3,(H,20,24)(H2,19,21,27). The molecule has 1 saturated heterocycles. The fraction of sp³-hybridized carbons (Fsp3) is 0.500. The summed E-state index contributed by atoms with van der Waals surface area (Å²) in [4.78, 5) is 25.1. The number of urea groups is 1. The van der Waals surface area contributed by atoms with Gasteiger partial charge in [-0.3, -0.25) is 10.2 Å². The van der Waals surface area contributed by atoms with Crippen molar-refractivity contribution in [3.63, 3.8) is 0 Å². The molecular weight excluding hydrogens is 368 g/mol. The molecule has 2 heterocycles. The molecule has 9 heteroatoms. The predicted octanol–water partition coefficient (Wildman–Crippen LogP) is 1.80. The monoisotopic (exact) mass is 390 g/mol. The van der Waals surface area contributed by atoms with E-state index in [-0.39, 0.29) is 17.8 Å². The quantitative estimate of drug-likeness (QED) is 0.535. The number of thiocarbonyl (C=S) groups is 1. The van der Waals surface area contributed by atoms with Gasteiger partial charge in [-0.1, -0.05) is 13.0 Å². The van der Waals surface area contributed by atoms with Gasteiger partial charge in [0.1, 0.15) is 5.54 Å². The van der Waals surface area contributed by atoms with Crippen molar-refractivity contribution in [3.05, 3.63) is 23.8 Å². The Bertz CT molecular complexity index is 792. The first kappa shape index (κ1) is 17.8. The summed E-state index contributed by atoms with van der Waals surface area (Å²) in [5.41, 5.74) is 2.87. The van der Waals surface area contributed by atoms with Crippen LogP contribution in [0.4, 0.5) is 4.79 Å². The van der Waals surface area contributed by atoms with Crippen molar-refractivity contribution in [2.75, 3.05) is 6.79 Å². The van der Waals surface area contributed by atoms with Crippen LogP contribution in [0, 0.1) is 5.92 Å². The van der Waals surface area contributed by atoms with E-state index >= 15 is 0 Å². The molecule has 0 unspecified atom stereocenters. The zero-order valence-electron chi connectivity index (χ0n) is 15.0. The lowest BCUT2D eigenvalue weighted by Crippen LogP contribution is -2.53. The molecule has 27 heavy (non-hydrogen) atoms. The zero-order chi connectivity index (χ0) is 19.0. The van der Waals surface area contributed by atoms with Gasteiger partial charge in [0.2, 0.25) is 6.79 Å². The van der Waals surface area contributed by atoms with Gasteiger partial charge in [-0.2, -0.15) is 5.01 Å². The highest BCUT2D eigenvalue weighted by Crippen LogP contribution is 2.36. The molecule has 0 aromatic heterocycles. The van der Waals surface area contributed by atoms with E-state index in [0.717, 1.165) is 23.4 Å². The number of carbonyl (C=O) groups is 2. The van der Waals surface area contributed by atoms with Gasteiger partial charge in [0.15, 0.2) is 16.6 Å². The lowest BCUT2D eigenvalue weighted by atomic mass is 9.77. The molecule has 3 N–H and O–H groups in total. The summed E-state index contributed by atoms with van der Waals surface area (Å²) in [7, 11) is 0. The fourth-order valence-corrected chi connectivity index (χ4v) is 3.85. The Hall–Kier alpha value is -2.55. The number of hydrogen-bond acceptors (Lipinski definition) is 5. The van der Waals surface area contributed by atoms with Crippen LogP contribution in [-0.4, -0.2) is 34.4 Å². The molecule has 0 atom stereocenters. The summed E-state index contributed by atoms with van der Waals surface area (Å²) in [6.45, 7) is 2.81. The van der Waals surface area contributed by atoms with Gasteiger partial charge in [-0.15, -0.1) is 0 Å². The molecule has 2 fully saturated rings. The van der Waals surface area contributed by atoms with Gasteiger partial charge in [-0.25, -0.2) is 4.79 Å². The predicted molar refractivity (Wildman–Crippen MR) is 101 cm³/mol. The molecule has 8 nitrogen and oxygen atoms in total. The van der Waals surface area contributed by atoms with Crippen LogP contribution in [0.3, 0.4) is 0 Å². The highest BCUT2D eigenvalue weighted by molar-refractivity contribution is 7.80. The Morgan fingerprint density at radius 2 is 2.04 bits per heavy atom. The van der Waals surface area contributed by atoms with E-state index in [9.17, 15) is 9.59 Å². The number of benzene rings is 1. The minimum atomic E-state index is -0.788. The third-order valence-electron chi connectivity index (χ3n) is 5.39. The molecular formula is C18H22N4O4S. The molecule has 1 spiro atoms. The lowest BCUT2D eigenvalue weighted by Gasteiger charge is -2.33. The lowest BCUT2D eigenvalue weighted by molar-refractivity contribution is -0.133. The Morgan fingerprint density at radius 1 is 1.30 bits per heavy atom. The molecule has 1 aromatic rings. The van der Waals surface area contributed by atoms with Crippen molar-refractivity contribution in [1.29, 1.82) is 0 Å². The maximum absolute atomic E-state index is 12.8. The summed E-state index contributed by atoms with van der Waals surface area (Å²) in [5, 5.41) is 7.06. The molecule has 3 aliphatic rings. The second kappa shape index (κ2) is 6.88. The van der Waals surface area contributed by atoms with Crippen LogP contribution in [0.5, 0.6) is 11.5 Å².